The van der Waals surface area contributed by atoms with Crippen LogP contribution in [0, 0.1) is 5.41 Å². The Morgan fingerprint density at radius 3 is 2.76 bits per heavy atom. The van der Waals surface area contributed by atoms with Gasteiger partial charge in [0.15, 0.2) is 0 Å². The highest BCUT2D eigenvalue weighted by Crippen LogP contribution is 2.41. The summed E-state index contributed by atoms with van der Waals surface area (Å²) in [4.78, 5) is 5.62. The topological polar surface area (TPSA) is 18.5 Å². The summed E-state index contributed by atoms with van der Waals surface area (Å²) in [7, 11) is 0. The zero-order valence-electron chi connectivity index (χ0n) is 14.6. The van der Waals surface area contributed by atoms with Crippen LogP contribution in [0.25, 0.3) is 0 Å². The van der Waals surface area contributed by atoms with Crippen LogP contribution in [0.1, 0.15) is 59.8 Å². The molecular weight excluding hydrogens is 258 g/mol. The Morgan fingerprint density at radius 2 is 2.00 bits per heavy atom. The van der Waals surface area contributed by atoms with E-state index in [1.54, 1.807) is 0 Å². The predicted molar refractivity (Wildman–Crippen MR) is 89.6 cm³/mol. The van der Waals surface area contributed by atoms with E-state index in [-0.39, 0.29) is 0 Å². The van der Waals surface area contributed by atoms with Crippen LogP contribution in [-0.2, 0) is 0 Å². The lowest BCUT2D eigenvalue weighted by Gasteiger charge is -2.48. The molecule has 4 unspecified atom stereocenters. The first-order valence-electron chi connectivity index (χ1n) is 9.26. The molecule has 2 aliphatic heterocycles. The minimum absolute atomic E-state index is 0.451. The van der Waals surface area contributed by atoms with E-state index in [4.69, 9.17) is 0 Å². The summed E-state index contributed by atoms with van der Waals surface area (Å²) < 4.78 is 0. The molecule has 1 aliphatic carbocycles. The molecule has 3 heteroatoms. The van der Waals surface area contributed by atoms with Gasteiger partial charge < -0.3 is 5.32 Å². The van der Waals surface area contributed by atoms with Gasteiger partial charge in [-0.15, -0.1) is 0 Å². The molecule has 1 saturated carbocycles. The molecule has 3 aliphatic rings. The Balaban J connectivity index is 1.71. The zero-order valence-corrected chi connectivity index (χ0v) is 14.6. The van der Waals surface area contributed by atoms with Gasteiger partial charge in [0, 0.05) is 37.3 Å². The molecule has 2 heterocycles. The van der Waals surface area contributed by atoms with Crippen molar-refractivity contribution in [3.05, 3.63) is 0 Å². The third-order valence-electron chi connectivity index (χ3n) is 6.34. The Hall–Kier alpha value is -0.120. The summed E-state index contributed by atoms with van der Waals surface area (Å²) in [6.45, 7) is 14.8. The number of hydrogen-bond donors (Lipinski definition) is 1. The van der Waals surface area contributed by atoms with E-state index in [0.717, 1.165) is 18.1 Å². The highest BCUT2D eigenvalue weighted by molar-refractivity contribution is 5.04. The van der Waals surface area contributed by atoms with Gasteiger partial charge in [0.2, 0.25) is 0 Å². The highest BCUT2D eigenvalue weighted by atomic mass is 15.3. The minimum atomic E-state index is 0.451. The number of piperazine rings is 1. The quantitative estimate of drug-likeness (QED) is 0.860. The Kier molecular flexibility index (Phi) is 4.63. The van der Waals surface area contributed by atoms with Crippen LogP contribution < -0.4 is 5.32 Å². The maximum Gasteiger partial charge on any atom is 0.0274 e. The monoisotopic (exact) mass is 293 g/mol. The molecule has 3 rings (SSSR count). The van der Waals surface area contributed by atoms with E-state index in [0.29, 0.717) is 11.5 Å². The van der Waals surface area contributed by atoms with Crippen LogP contribution in [0.3, 0.4) is 0 Å². The summed E-state index contributed by atoms with van der Waals surface area (Å²) in [5.41, 5.74) is 0.451. The number of hydrogen-bond acceptors (Lipinski definition) is 3. The molecule has 21 heavy (non-hydrogen) atoms. The fourth-order valence-electron chi connectivity index (χ4n) is 5.10. The van der Waals surface area contributed by atoms with Gasteiger partial charge in [-0.1, -0.05) is 20.8 Å². The molecule has 0 amide bonds. The fraction of sp³-hybridized carbons (Fsp3) is 1.00. The van der Waals surface area contributed by atoms with Crippen LogP contribution in [-0.4, -0.2) is 60.1 Å². The van der Waals surface area contributed by atoms with Gasteiger partial charge in [-0.05, 0) is 57.5 Å². The van der Waals surface area contributed by atoms with E-state index in [1.165, 1.54) is 58.3 Å². The van der Waals surface area contributed by atoms with E-state index >= 15 is 0 Å². The maximum atomic E-state index is 3.89. The lowest BCUT2D eigenvalue weighted by atomic mass is 9.85. The van der Waals surface area contributed by atoms with Gasteiger partial charge in [0.1, 0.15) is 0 Å². The Morgan fingerprint density at radius 1 is 1.19 bits per heavy atom. The van der Waals surface area contributed by atoms with Crippen LogP contribution in [0.2, 0.25) is 0 Å². The Bertz CT molecular complexity index is 354. The zero-order chi connectivity index (χ0) is 15.0. The lowest BCUT2D eigenvalue weighted by Crippen LogP contribution is -2.62. The average Bonchev–Trinajstić information content (AvgIpc) is 2.99. The number of nitrogens with one attached hydrogen (secondary N) is 1. The van der Waals surface area contributed by atoms with Crippen molar-refractivity contribution in [2.24, 2.45) is 5.41 Å². The minimum Gasteiger partial charge on any atom is -0.312 e. The van der Waals surface area contributed by atoms with Crippen molar-refractivity contribution in [1.82, 2.24) is 15.1 Å². The lowest BCUT2D eigenvalue weighted by molar-refractivity contribution is 0.0155. The fourth-order valence-corrected chi connectivity index (χ4v) is 5.10. The first-order chi connectivity index (χ1) is 10.0. The van der Waals surface area contributed by atoms with Gasteiger partial charge >= 0.3 is 0 Å². The van der Waals surface area contributed by atoms with Crippen molar-refractivity contribution in [1.29, 1.82) is 0 Å². The summed E-state index contributed by atoms with van der Waals surface area (Å²) in [6.07, 6.45) is 6.83. The smallest absolute Gasteiger partial charge is 0.0274 e. The van der Waals surface area contributed by atoms with Crippen LogP contribution in [0.5, 0.6) is 0 Å². The standard InChI is InChI=1S/C18H35N3/c1-5-10-19-17-16(8-9-18(17,3)4)21-13-15-7-6-11-20(15)12-14(21)2/h14-17,19H,5-13H2,1-4H3. The van der Waals surface area contributed by atoms with Crippen molar-refractivity contribution in [3.63, 3.8) is 0 Å². The third kappa shape index (κ3) is 3.02. The number of rotatable bonds is 4. The highest BCUT2D eigenvalue weighted by Gasteiger charge is 2.47. The van der Waals surface area contributed by atoms with Gasteiger partial charge in [-0.3, -0.25) is 9.80 Å². The second-order valence-electron chi connectivity index (χ2n) is 8.36. The molecular formula is C18H35N3. The number of nitrogens with zero attached hydrogens (tertiary/aromatic N) is 2. The number of fused-ring (bicyclic) bond motifs is 1. The predicted octanol–water partition coefficient (Wildman–Crippen LogP) is 2.71. The van der Waals surface area contributed by atoms with E-state index in [1.807, 2.05) is 0 Å². The molecule has 3 nitrogen and oxygen atoms in total. The third-order valence-corrected chi connectivity index (χ3v) is 6.34. The SMILES string of the molecule is CCCNC1C(N2CC3CCCN3CC2C)CCC1(C)C. The van der Waals surface area contributed by atoms with Crippen molar-refractivity contribution >= 4 is 0 Å². The Labute approximate surface area is 131 Å². The van der Waals surface area contributed by atoms with Crippen molar-refractivity contribution < 1.29 is 0 Å². The summed E-state index contributed by atoms with van der Waals surface area (Å²) >= 11 is 0. The van der Waals surface area contributed by atoms with E-state index in [2.05, 4.69) is 42.8 Å². The normalized spacial score (nSPS) is 40.6. The second kappa shape index (κ2) is 6.17. The van der Waals surface area contributed by atoms with Crippen LogP contribution in [0.15, 0.2) is 0 Å². The molecule has 0 aromatic rings. The summed E-state index contributed by atoms with van der Waals surface area (Å²) in [6, 6.07) is 3.00. The molecule has 4 atom stereocenters. The second-order valence-corrected chi connectivity index (χ2v) is 8.36. The molecule has 1 N–H and O–H groups in total. The maximum absolute atomic E-state index is 3.89. The molecule has 0 bridgehead atoms. The molecule has 2 saturated heterocycles. The van der Waals surface area contributed by atoms with Crippen LogP contribution >= 0.6 is 0 Å². The molecule has 0 aromatic carbocycles. The molecule has 122 valence electrons. The molecule has 3 fully saturated rings. The summed E-state index contributed by atoms with van der Waals surface area (Å²) in [5, 5.41) is 3.89. The van der Waals surface area contributed by atoms with E-state index in [9.17, 15) is 0 Å². The summed E-state index contributed by atoms with van der Waals surface area (Å²) in [5.74, 6) is 0. The van der Waals surface area contributed by atoms with Crippen molar-refractivity contribution in [3.8, 4) is 0 Å². The van der Waals surface area contributed by atoms with Gasteiger partial charge in [0.05, 0.1) is 0 Å². The van der Waals surface area contributed by atoms with Gasteiger partial charge in [-0.25, -0.2) is 0 Å². The van der Waals surface area contributed by atoms with E-state index < -0.39 is 0 Å². The van der Waals surface area contributed by atoms with Gasteiger partial charge in [-0.2, -0.15) is 0 Å². The van der Waals surface area contributed by atoms with Crippen molar-refractivity contribution in [2.75, 3.05) is 26.2 Å². The van der Waals surface area contributed by atoms with Crippen LogP contribution in [0.4, 0.5) is 0 Å². The first-order valence-corrected chi connectivity index (χ1v) is 9.26. The molecule has 0 spiro atoms. The molecule has 0 aromatic heterocycles. The largest absolute Gasteiger partial charge is 0.312 e. The van der Waals surface area contributed by atoms with Crippen molar-refractivity contribution in [2.45, 2.75) is 84.0 Å². The van der Waals surface area contributed by atoms with Gasteiger partial charge in [0.25, 0.3) is 0 Å². The first kappa shape index (κ1) is 15.8. The average molecular weight is 293 g/mol. The molecule has 0 radical (unpaired) electrons.